The minimum absolute atomic E-state index is 0.0179. The van der Waals surface area contributed by atoms with Gasteiger partial charge in [0.15, 0.2) is 17.3 Å². The van der Waals surface area contributed by atoms with Crippen LogP contribution < -0.4 is 21.7 Å². The Kier molecular flexibility index (Phi) is 9.32. The van der Waals surface area contributed by atoms with Crippen molar-refractivity contribution < 1.29 is 32.7 Å². The van der Waals surface area contributed by atoms with Gasteiger partial charge in [0.25, 0.3) is 11.8 Å². The highest BCUT2D eigenvalue weighted by molar-refractivity contribution is 6.34. The molecule has 5 heterocycles. The number of halogens is 4. The normalized spacial score (nSPS) is 19.3. The van der Waals surface area contributed by atoms with Crippen LogP contribution in [0.2, 0.25) is 5.02 Å². The van der Waals surface area contributed by atoms with Crippen molar-refractivity contribution in [3.05, 3.63) is 71.0 Å². The third kappa shape index (κ3) is 7.23. The lowest BCUT2D eigenvalue weighted by molar-refractivity contribution is -0.140. The number of hydrogen-bond acceptors (Lipinski definition) is 9. The summed E-state index contributed by atoms with van der Waals surface area (Å²) in [5, 5.41) is 21.9. The van der Waals surface area contributed by atoms with E-state index in [-0.39, 0.29) is 56.9 Å². The average molecular weight is 701 g/mol. The van der Waals surface area contributed by atoms with Gasteiger partial charge in [0.1, 0.15) is 0 Å². The van der Waals surface area contributed by atoms with Crippen LogP contribution in [0.1, 0.15) is 39.5 Å². The van der Waals surface area contributed by atoms with Gasteiger partial charge in [0, 0.05) is 45.1 Å². The molecular formula is C31H32ClF3N10O4. The highest BCUT2D eigenvalue weighted by Crippen LogP contribution is 2.37. The summed E-state index contributed by atoms with van der Waals surface area (Å²) in [5.74, 6) is -1.24. The Morgan fingerprint density at radius 1 is 1.16 bits per heavy atom. The van der Waals surface area contributed by atoms with E-state index in [1.54, 1.807) is 4.90 Å². The number of amides is 3. The number of hydrogen-bond donors (Lipinski definition) is 5. The monoisotopic (exact) mass is 700 g/mol. The molecule has 14 nitrogen and oxygen atoms in total. The highest BCUT2D eigenvalue weighted by atomic mass is 35.5. The van der Waals surface area contributed by atoms with Crippen molar-refractivity contribution in [2.75, 3.05) is 37.2 Å². The van der Waals surface area contributed by atoms with Gasteiger partial charge in [0.05, 0.1) is 52.1 Å². The van der Waals surface area contributed by atoms with Crippen LogP contribution in [0.3, 0.4) is 0 Å². The summed E-state index contributed by atoms with van der Waals surface area (Å²) in [6.45, 7) is 1.66. The topological polar surface area (TPSA) is 185 Å². The molecule has 6 N–H and O–H groups in total. The molecule has 2 fully saturated rings. The molecule has 1 aromatic carbocycles. The number of likely N-dealkylation sites (tertiary alicyclic amines) is 1. The van der Waals surface area contributed by atoms with Gasteiger partial charge < -0.3 is 36.3 Å². The van der Waals surface area contributed by atoms with Crippen molar-refractivity contribution in [1.29, 1.82) is 0 Å². The van der Waals surface area contributed by atoms with E-state index < -0.39 is 29.9 Å². The fourth-order valence-corrected chi connectivity index (χ4v) is 6.15. The number of aromatic nitrogens is 5. The summed E-state index contributed by atoms with van der Waals surface area (Å²) in [7, 11) is 1.40. The van der Waals surface area contributed by atoms with E-state index in [1.807, 2.05) is 0 Å². The van der Waals surface area contributed by atoms with E-state index in [2.05, 4.69) is 31.0 Å². The number of aliphatic hydroxyl groups is 1. The second kappa shape index (κ2) is 13.5. The maximum Gasteiger partial charge on any atom is 0.435 e. The fourth-order valence-electron chi connectivity index (χ4n) is 5.88. The summed E-state index contributed by atoms with van der Waals surface area (Å²) >= 11 is 6.46. The molecular weight excluding hydrogens is 669 g/mol. The summed E-state index contributed by atoms with van der Waals surface area (Å²) < 4.78 is 44.2. The number of carbonyl (C=O) groups excluding carboxylic acids is 3. The molecule has 2 aliphatic rings. The van der Waals surface area contributed by atoms with Gasteiger partial charge >= 0.3 is 6.18 Å². The number of carbonyl (C=O) groups is 3. The van der Waals surface area contributed by atoms with Gasteiger partial charge in [-0.3, -0.25) is 14.4 Å². The second-order valence-electron chi connectivity index (χ2n) is 12.0. The molecule has 18 heteroatoms. The first-order chi connectivity index (χ1) is 23.3. The van der Waals surface area contributed by atoms with E-state index in [1.165, 1.54) is 48.1 Å². The van der Waals surface area contributed by atoms with E-state index in [4.69, 9.17) is 17.3 Å². The van der Waals surface area contributed by atoms with Gasteiger partial charge in [-0.25, -0.2) is 14.6 Å². The lowest BCUT2D eigenvalue weighted by Crippen LogP contribution is -2.42. The van der Waals surface area contributed by atoms with Crippen LogP contribution in [-0.2, 0) is 18.0 Å². The summed E-state index contributed by atoms with van der Waals surface area (Å²) in [6.07, 6.45) is -0.734. The van der Waals surface area contributed by atoms with Crippen molar-refractivity contribution in [2.24, 2.45) is 13.0 Å². The minimum Gasteiger partial charge on any atom is -0.397 e. The predicted molar refractivity (Wildman–Crippen MR) is 172 cm³/mol. The lowest BCUT2D eigenvalue weighted by Gasteiger charge is -2.18. The van der Waals surface area contributed by atoms with Crippen LogP contribution >= 0.6 is 11.6 Å². The summed E-state index contributed by atoms with van der Waals surface area (Å²) in [4.78, 5) is 48.5. The molecule has 49 heavy (non-hydrogen) atoms. The zero-order valence-corrected chi connectivity index (χ0v) is 26.8. The minimum atomic E-state index is -4.82. The molecule has 0 unspecified atom stereocenters. The molecule has 258 valence electrons. The van der Waals surface area contributed by atoms with Crippen molar-refractivity contribution >= 4 is 40.7 Å². The SMILES string of the molecule is Cn1c(-c2cn(-c3ccc(N)cn3)nc2C(F)(F)F)cnc1C(=O)Nc1ccc(C(=O)N2CC[C@H](CNC(=O)[C@@H]3C[C@@H](O)CN3)C2)c(Cl)c1. The molecule has 3 amide bonds. The van der Waals surface area contributed by atoms with E-state index in [0.29, 0.717) is 44.7 Å². The molecule has 2 saturated heterocycles. The number of β-amino-alcohol motifs (C(OH)–C–C–N with tert-alkyl or cyclic N) is 1. The molecule has 0 radical (unpaired) electrons. The number of nitrogens with zero attached hydrogens (tertiary/aromatic N) is 6. The van der Waals surface area contributed by atoms with Crippen LogP contribution in [0.5, 0.6) is 0 Å². The van der Waals surface area contributed by atoms with Crippen molar-refractivity contribution in [2.45, 2.75) is 31.2 Å². The number of nitrogen functional groups attached to an aromatic ring is 1. The predicted octanol–water partition coefficient (Wildman–Crippen LogP) is 2.48. The number of rotatable bonds is 8. The molecule has 0 saturated carbocycles. The Hall–Kier alpha value is -5.00. The molecule has 4 aromatic rings. The smallest absolute Gasteiger partial charge is 0.397 e. The zero-order chi connectivity index (χ0) is 35.0. The van der Waals surface area contributed by atoms with Gasteiger partial charge in [-0.2, -0.15) is 18.3 Å². The van der Waals surface area contributed by atoms with Crippen LogP contribution in [0.25, 0.3) is 17.1 Å². The third-order valence-corrected chi connectivity index (χ3v) is 8.79. The second-order valence-corrected chi connectivity index (χ2v) is 12.4. The maximum absolute atomic E-state index is 14.0. The molecule has 2 aliphatic heterocycles. The largest absolute Gasteiger partial charge is 0.435 e. The Bertz CT molecular complexity index is 1890. The van der Waals surface area contributed by atoms with Crippen molar-refractivity contribution in [1.82, 2.24) is 39.8 Å². The summed E-state index contributed by atoms with van der Waals surface area (Å²) in [6, 6.07) is 6.84. The molecule has 0 aliphatic carbocycles. The van der Waals surface area contributed by atoms with Crippen molar-refractivity contribution in [3.63, 3.8) is 0 Å². The number of alkyl halides is 3. The first-order valence-corrected chi connectivity index (χ1v) is 15.7. The summed E-state index contributed by atoms with van der Waals surface area (Å²) in [5.41, 5.74) is 4.90. The quantitative estimate of drug-likeness (QED) is 0.184. The number of aliphatic hydroxyl groups excluding tert-OH is 1. The molecule has 3 atom stereocenters. The Morgan fingerprint density at radius 2 is 1.96 bits per heavy atom. The standard InChI is InChI=1S/C31H32ClF3N10O4/c1-43-24(21-15-45(42-26(21)31(33,34)35)25-5-2-17(36)11-38-25)13-39-27(43)29(48)41-18-3-4-20(22(32)8-18)30(49)44-7-6-16(14-44)10-40-28(47)23-9-19(46)12-37-23/h2-5,8,11,13,15-16,19,23,37,46H,6-7,9-10,12,14,36H2,1H3,(H,40,47)(H,41,48)/t16-,19-,23+/m1/s1. The first-order valence-electron chi connectivity index (χ1n) is 15.3. The van der Waals surface area contributed by atoms with Crippen LogP contribution in [0.4, 0.5) is 24.5 Å². The highest BCUT2D eigenvalue weighted by Gasteiger charge is 2.39. The number of nitrogens with one attached hydrogen (secondary N) is 3. The number of benzene rings is 1. The third-order valence-electron chi connectivity index (χ3n) is 8.47. The fraction of sp³-hybridized carbons (Fsp3) is 0.355. The first kappa shape index (κ1) is 33.9. The Balaban J connectivity index is 1.11. The van der Waals surface area contributed by atoms with Crippen LogP contribution in [-0.4, -0.2) is 90.4 Å². The molecule has 6 rings (SSSR count). The van der Waals surface area contributed by atoms with Crippen LogP contribution in [0, 0.1) is 5.92 Å². The molecule has 0 bridgehead atoms. The van der Waals surface area contributed by atoms with E-state index in [9.17, 15) is 32.7 Å². The average Bonchev–Trinajstić information content (AvgIpc) is 3.86. The van der Waals surface area contributed by atoms with Gasteiger partial charge in [-0.15, -0.1) is 0 Å². The van der Waals surface area contributed by atoms with Crippen molar-refractivity contribution in [3.8, 4) is 17.1 Å². The van der Waals surface area contributed by atoms with Gasteiger partial charge in [-0.05, 0) is 49.1 Å². The number of anilines is 2. The van der Waals surface area contributed by atoms with E-state index >= 15 is 0 Å². The van der Waals surface area contributed by atoms with Gasteiger partial charge in [-0.1, -0.05) is 11.6 Å². The lowest BCUT2D eigenvalue weighted by atomic mass is 10.1. The molecule has 3 aromatic heterocycles. The van der Waals surface area contributed by atoms with Gasteiger partial charge in [0.2, 0.25) is 5.91 Å². The Labute approximate surface area is 282 Å². The number of pyridine rings is 1. The number of imidazole rings is 1. The zero-order valence-electron chi connectivity index (χ0n) is 26.0. The number of nitrogens with two attached hydrogens (primary N) is 1. The Morgan fingerprint density at radius 3 is 2.63 bits per heavy atom. The maximum atomic E-state index is 14.0. The molecule has 0 spiro atoms. The van der Waals surface area contributed by atoms with E-state index in [0.717, 1.165) is 17.1 Å². The van der Waals surface area contributed by atoms with Crippen LogP contribution in [0.15, 0.2) is 48.9 Å².